The zero-order valence-electron chi connectivity index (χ0n) is 18.2. The van der Waals surface area contributed by atoms with Crippen molar-refractivity contribution >= 4 is 27.0 Å². The Kier molecular flexibility index (Phi) is 4.68. The number of ether oxygens (including phenoxy) is 2. The van der Waals surface area contributed by atoms with Gasteiger partial charge in [0.1, 0.15) is 0 Å². The molecule has 0 spiro atoms. The van der Waals surface area contributed by atoms with Crippen molar-refractivity contribution in [2.24, 2.45) is 0 Å². The van der Waals surface area contributed by atoms with Crippen LogP contribution in [0.15, 0.2) is 64.3 Å². The molecule has 3 aromatic carbocycles. The van der Waals surface area contributed by atoms with Crippen molar-refractivity contribution in [3.8, 4) is 11.5 Å². The Morgan fingerprint density at radius 3 is 2.21 bits per heavy atom. The first-order valence-corrected chi connectivity index (χ1v) is 11.6. The number of imidazole rings is 1. The normalized spacial score (nSPS) is 12.9. The molecule has 1 aliphatic rings. The molecule has 0 amide bonds. The number of nitrogens with zero attached hydrogens (tertiary/aromatic N) is 2. The summed E-state index contributed by atoms with van der Waals surface area (Å²) in [5.41, 5.74) is 1.49. The van der Waals surface area contributed by atoms with Crippen LogP contribution >= 0.6 is 0 Å². The van der Waals surface area contributed by atoms with Crippen LogP contribution < -0.4 is 15.2 Å². The van der Waals surface area contributed by atoms with Crippen molar-refractivity contribution in [2.75, 3.05) is 6.79 Å². The van der Waals surface area contributed by atoms with Gasteiger partial charge in [-0.1, -0.05) is 29.8 Å². The SMILES string of the molecule is Cc1cc(C)c(S(=O)(=O)n2c(=O)n(C(=O)c3ccc4c(c3)OCO4)c3ccccc32)c(C)c1. The molecule has 0 aliphatic carbocycles. The molecule has 168 valence electrons. The highest BCUT2D eigenvalue weighted by Gasteiger charge is 2.30. The van der Waals surface area contributed by atoms with Crippen LogP contribution in [0.3, 0.4) is 0 Å². The predicted molar refractivity (Wildman–Crippen MR) is 122 cm³/mol. The largest absolute Gasteiger partial charge is 0.454 e. The van der Waals surface area contributed by atoms with E-state index in [1.165, 1.54) is 18.2 Å². The highest BCUT2D eigenvalue weighted by Crippen LogP contribution is 2.33. The van der Waals surface area contributed by atoms with E-state index in [2.05, 4.69) is 0 Å². The molecule has 1 aromatic heterocycles. The third kappa shape index (κ3) is 3.15. The smallest absolute Gasteiger partial charge is 0.350 e. The van der Waals surface area contributed by atoms with Gasteiger partial charge in [0, 0.05) is 5.56 Å². The molecule has 0 atom stereocenters. The summed E-state index contributed by atoms with van der Waals surface area (Å²) < 4.78 is 39.7. The molecule has 4 aromatic rings. The number of rotatable bonds is 3. The van der Waals surface area contributed by atoms with Crippen LogP contribution in [0.2, 0.25) is 0 Å². The molecular weight excluding hydrogens is 444 g/mol. The van der Waals surface area contributed by atoms with Gasteiger partial charge in [-0.3, -0.25) is 4.79 Å². The van der Waals surface area contributed by atoms with Crippen LogP contribution in [0.4, 0.5) is 0 Å². The van der Waals surface area contributed by atoms with Crippen molar-refractivity contribution in [2.45, 2.75) is 25.7 Å². The van der Waals surface area contributed by atoms with Gasteiger partial charge in [0.25, 0.3) is 15.9 Å². The Balaban J connectivity index is 1.76. The summed E-state index contributed by atoms with van der Waals surface area (Å²) in [5.74, 6) is 0.214. The number of carbonyl (C=O) groups is 1. The van der Waals surface area contributed by atoms with Crippen LogP contribution in [0.1, 0.15) is 27.0 Å². The van der Waals surface area contributed by atoms with Crippen molar-refractivity contribution in [3.63, 3.8) is 0 Å². The topological polar surface area (TPSA) is 96.6 Å². The van der Waals surface area contributed by atoms with E-state index >= 15 is 0 Å². The molecule has 0 bridgehead atoms. The van der Waals surface area contributed by atoms with Crippen LogP contribution in [0, 0.1) is 20.8 Å². The lowest BCUT2D eigenvalue weighted by Gasteiger charge is -2.12. The minimum atomic E-state index is -4.29. The minimum Gasteiger partial charge on any atom is -0.454 e. The zero-order chi connectivity index (χ0) is 23.5. The van der Waals surface area contributed by atoms with E-state index in [4.69, 9.17) is 9.47 Å². The van der Waals surface area contributed by atoms with E-state index in [9.17, 15) is 18.0 Å². The summed E-state index contributed by atoms with van der Waals surface area (Å²) in [7, 11) is -4.29. The van der Waals surface area contributed by atoms with E-state index < -0.39 is 21.6 Å². The van der Waals surface area contributed by atoms with Crippen LogP contribution in [-0.2, 0) is 10.0 Å². The Labute approximate surface area is 189 Å². The highest BCUT2D eigenvalue weighted by atomic mass is 32.2. The molecule has 0 radical (unpaired) electrons. The van der Waals surface area contributed by atoms with Crippen molar-refractivity contribution in [1.29, 1.82) is 0 Å². The Morgan fingerprint density at radius 2 is 1.52 bits per heavy atom. The first kappa shape index (κ1) is 21.0. The number of hydrogen-bond donors (Lipinski definition) is 0. The number of aryl methyl sites for hydroxylation is 3. The summed E-state index contributed by atoms with van der Waals surface area (Å²) in [6, 6.07) is 14.4. The van der Waals surface area contributed by atoms with Crippen molar-refractivity contribution in [3.05, 3.63) is 87.3 Å². The Hall–Kier alpha value is -3.85. The molecule has 0 unspecified atom stereocenters. The van der Waals surface area contributed by atoms with Gasteiger partial charge in [-0.25, -0.2) is 17.8 Å². The lowest BCUT2D eigenvalue weighted by molar-refractivity contribution is 0.0960. The molecule has 0 saturated heterocycles. The third-order valence-electron chi connectivity index (χ3n) is 5.63. The molecular formula is C24H20N2O6S. The molecule has 1 aliphatic heterocycles. The maximum Gasteiger partial charge on any atom is 0.350 e. The average Bonchev–Trinajstić information content (AvgIpc) is 3.33. The number of aromatic nitrogens is 2. The maximum atomic E-state index is 13.7. The standard InChI is InChI=1S/C24H20N2O6S/c1-14-10-15(2)22(16(3)11-14)33(29,30)26-19-7-5-4-6-18(19)25(24(26)28)23(27)17-8-9-20-21(12-17)32-13-31-20/h4-12H,13H2,1-3H3. The molecule has 9 heteroatoms. The fourth-order valence-corrected chi connectivity index (χ4v) is 6.19. The van der Waals surface area contributed by atoms with Gasteiger partial charge in [0.05, 0.1) is 15.9 Å². The fraction of sp³-hybridized carbons (Fsp3) is 0.167. The monoisotopic (exact) mass is 464 g/mol. The summed E-state index contributed by atoms with van der Waals surface area (Å²) in [6.45, 7) is 5.29. The van der Waals surface area contributed by atoms with Gasteiger partial charge < -0.3 is 9.47 Å². The van der Waals surface area contributed by atoms with Crippen molar-refractivity contribution in [1.82, 2.24) is 8.54 Å². The first-order chi connectivity index (χ1) is 15.7. The van der Waals surface area contributed by atoms with E-state index in [0.29, 0.717) is 26.6 Å². The Morgan fingerprint density at radius 1 is 0.879 bits per heavy atom. The molecule has 0 fully saturated rings. The maximum absolute atomic E-state index is 13.7. The van der Waals surface area contributed by atoms with E-state index in [-0.39, 0.29) is 28.3 Å². The van der Waals surface area contributed by atoms with E-state index in [0.717, 1.165) is 10.1 Å². The van der Waals surface area contributed by atoms with Crippen molar-refractivity contribution < 1.29 is 22.7 Å². The molecule has 33 heavy (non-hydrogen) atoms. The van der Waals surface area contributed by atoms with Crippen LogP contribution in [0.25, 0.3) is 11.0 Å². The van der Waals surface area contributed by atoms with E-state index in [1.807, 2.05) is 6.92 Å². The quantitative estimate of drug-likeness (QED) is 0.461. The second-order valence-electron chi connectivity index (χ2n) is 7.98. The summed E-state index contributed by atoms with van der Waals surface area (Å²) in [4.78, 5) is 27.0. The number of benzene rings is 3. The summed E-state index contributed by atoms with van der Waals surface area (Å²) in [5, 5.41) is 0. The van der Waals surface area contributed by atoms with E-state index in [1.54, 1.807) is 50.2 Å². The summed E-state index contributed by atoms with van der Waals surface area (Å²) in [6.07, 6.45) is 0. The second-order valence-corrected chi connectivity index (χ2v) is 9.70. The van der Waals surface area contributed by atoms with Crippen LogP contribution in [-0.4, -0.2) is 29.7 Å². The lowest BCUT2D eigenvalue weighted by atomic mass is 10.1. The number of fused-ring (bicyclic) bond motifs is 2. The van der Waals surface area contributed by atoms with Gasteiger partial charge >= 0.3 is 5.69 Å². The molecule has 8 nitrogen and oxygen atoms in total. The highest BCUT2D eigenvalue weighted by molar-refractivity contribution is 7.90. The third-order valence-corrected chi connectivity index (χ3v) is 7.63. The molecule has 0 saturated carbocycles. The molecule has 5 rings (SSSR count). The summed E-state index contributed by atoms with van der Waals surface area (Å²) >= 11 is 0. The first-order valence-electron chi connectivity index (χ1n) is 10.2. The van der Waals surface area contributed by atoms with Gasteiger partial charge in [-0.05, 0) is 62.2 Å². The number of carbonyl (C=O) groups excluding carboxylic acids is 1. The van der Waals surface area contributed by atoms with Gasteiger partial charge in [-0.2, -0.15) is 3.97 Å². The molecule has 2 heterocycles. The second kappa shape index (κ2) is 7.35. The number of hydrogen-bond acceptors (Lipinski definition) is 6. The van der Waals surface area contributed by atoms with Crippen LogP contribution in [0.5, 0.6) is 11.5 Å². The fourth-order valence-electron chi connectivity index (χ4n) is 4.37. The number of para-hydroxylation sites is 2. The van der Waals surface area contributed by atoms with Gasteiger partial charge in [-0.15, -0.1) is 0 Å². The Bertz CT molecular complexity index is 1610. The zero-order valence-corrected chi connectivity index (χ0v) is 19.0. The van der Waals surface area contributed by atoms with Gasteiger partial charge in [0.15, 0.2) is 11.5 Å². The minimum absolute atomic E-state index is 0.0414. The predicted octanol–water partition coefficient (Wildman–Crippen LogP) is 3.38. The lowest BCUT2D eigenvalue weighted by Crippen LogP contribution is -2.33. The molecule has 0 N–H and O–H groups in total. The average molecular weight is 464 g/mol. The van der Waals surface area contributed by atoms with Gasteiger partial charge in [0.2, 0.25) is 6.79 Å².